The van der Waals surface area contributed by atoms with Gasteiger partial charge in [0.15, 0.2) is 0 Å². The van der Waals surface area contributed by atoms with Crippen molar-refractivity contribution in [2.24, 2.45) is 0 Å². The van der Waals surface area contributed by atoms with Crippen LogP contribution in [0.2, 0.25) is 0 Å². The molecule has 3 heteroatoms. The lowest BCUT2D eigenvalue weighted by atomic mass is 10.0. The van der Waals surface area contributed by atoms with E-state index in [1.165, 1.54) is 11.1 Å². The minimum absolute atomic E-state index is 0.782. The third kappa shape index (κ3) is 2.30. The Balaban J connectivity index is 2.58. The fourth-order valence-corrected chi connectivity index (χ4v) is 2.24. The monoisotopic (exact) mass is 276 g/mol. The van der Waals surface area contributed by atoms with Crippen LogP contribution >= 0.6 is 15.9 Å². The largest absolute Gasteiger partial charge is 0.233 e. The van der Waals surface area contributed by atoms with Gasteiger partial charge in [-0.3, -0.25) is 0 Å². The van der Waals surface area contributed by atoms with Gasteiger partial charge < -0.3 is 0 Å². The van der Waals surface area contributed by atoms with Crippen molar-refractivity contribution < 1.29 is 0 Å². The van der Waals surface area contributed by atoms with Crippen LogP contribution in [0.4, 0.5) is 0 Å². The number of rotatable bonds is 1. The highest BCUT2D eigenvalue weighted by molar-refractivity contribution is 9.10. The summed E-state index contributed by atoms with van der Waals surface area (Å²) in [6.45, 7) is 6.10. The van der Waals surface area contributed by atoms with Crippen LogP contribution in [-0.4, -0.2) is 9.97 Å². The molecule has 16 heavy (non-hydrogen) atoms. The molecular formula is C13H13BrN2. The van der Waals surface area contributed by atoms with Crippen LogP contribution in [-0.2, 0) is 0 Å². The Hall–Kier alpha value is -1.22. The van der Waals surface area contributed by atoms with Crippen molar-refractivity contribution in [2.45, 2.75) is 20.8 Å². The Bertz CT molecular complexity index is 515. The molecule has 0 aliphatic rings. The molecule has 0 fully saturated rings. The average Bonchev–Trinajstić information content (AvgIpc) is 2.15. The van der Waals surface area contributed by atoms with E-state index < -0.39 is 0 Å². The number of halogens is 1. The molecule has 0 radical (unpaired) electrons. The van der Waals surface area contributed by atoms with Crippen molar-refractivity contribution in [3.8, 4) is 11.3 Å². The van der Waals surface area contributed by atoms with Crippen molar-refractivity contribution in [2.75, 3.05) is 0 Å². The molecule has 0 spiro atoms. The fraction of sp³-hybridized carbons (Fsp3) is 0.231. The SMILES string of the molecule is Cc1ccc(-c2cc(Br)nc(C)n2)c(C)c1. The molecule has 0 aliphatic heterocycles. The van der Waals surface area contributed by atoms with E-state index in [1.54, 1.807) is 0 Å². The van der Waals surface area contributed by atoms with Crippen LogP contribution < -0.4 is 0 Å². The Kier molecular flexibility index (Phi) is 3.06. The maximum atomic E-state index is 4.45. The third-order valence-electron chi connectivity index (χ3n) is 2.46. The third-order valence-corrected chi connectivity index (χ3v) is 2.87. The van der Waals surface area contributed by atoms with Gasteiger partial charge in [-0.15, -0.1) is 0 Å². The predicted octanol–water partition coefficient (Wildman–Crippen LogP) is 3.83. The van der Waals surface area contributed by atoms with Crippen molar-refractivity contribution >= 4 is 15.9 Å². The maximum Gasteiger partial charge on any atom is 0.127 e. The normalized spacial score (nSPS) is 10.5. The first kappa shape index (κ1) is 11.3. The summed E-state index contributed by atoms with van der Waals surface area (Å²) < 4.78 is 0.829. The number of hydrogen-bond acceptors (Lipinski definition) is 2. The molecule has 0 atom stereocenters. The summed E-state index contributed by atoms with van der Waals surface area (Å²) in [5.74, 6) is 0.782. The lowest BCUT2D eigenvalue weighted by Crippen LogP contribution is -1.93. The van der Waals surface area contributed by atoms with E-state index in [0.717, 1.165) is 21.7 Å². The summed E-state index contributed by atoms with van der Waals surface area (Å²) >= 11 is 3.40. The second-order valence-electron chi connectivity index (χ2n) is 3.94. The maximum absolute atomic E-state index is 4.45. The number of benzene rings is 1. The lowest BCUT2D eigenvalue weighted by molar-refractivity contribution is 1.04. The summed E-state index contributed by atoms with van der Waals surface area (Å²) in [6.07, 6.45) is 0. The molecule has 2 rings (SSSR count). The highest BCUT2D eigenvalue weighted by Gasteiger charge is 2.05. The zero-order valence-electron chi connectivity index (χ0n) is 9.58. The molecule has 1 aromatic carbocycles. The molecule has 2 nitrogen and oxygen atoms in total. The summed E-state index contributed by atoms with van der Waals surface area (Å²) in [7, 11) is 0. The van der Waals surface area contributed by atoms with Crippen LogP contribution in [0.1, 0.15) is 17.0 Å². The molecule has 0 saturated carbocycles. The summed E-state index contributed by atoms with van der Waals surface area (Å²) in [5.41, 5.74) is 4.64. The molecule has 0 saturated heterocycles. The lowest BCUT2D eigenvalue weighted by Gasteiger charge is -2.07. The Morgan fingerprint density at radius 2 is 1.75 bits per heavy atom. The van der Waals surface area contributed by atoms with Crippen LogP contribution in [0.3, 0.4) is 0 Å². The second-order valence-corrected chi connectivity index (χ2v) is 4.75. The summed E-state index contributed by atoms with van der Waals surface area (Å²) in [5, 5.41) is 0. The van der Waals surface area contributed by atoms with Gasteiger partial charge in [-0.05, 0) is 48.3 Å². The van der Waals surface area contributed by atoms with E-state index in [-0.39, 0.29) is 0 Å². The van der Waals surface area contributed by atoms with Crippen LogP contribution in [0, 0.1) is 20.8 Å². The molecule has 0 N–H and O–H groups in total. The Labute approximate surface area is 104 Å². The van der Waals surface area contributed by atoms with Gasteiger partial charge in [-0.25, -0.2) is 9.97 Å². The highest BCUT2D eigenvalue weighted by atomic mass is 79.9. The van der Waals surface area contributed by atoms with Crippen molar-refractivity contribution in [1.82, 2.24) is 9.97 Å². The van der Waals surface area contributed by atoms with Gasteiger partial charge in [0.2, 0.25) is 0 Å². The first-order valence-electron chi connectivity index (χ1n) is 5.15. The van der Waals surface area contributed by atoms with E-state index >= 15 is 0 Å². The quantitative estimate of drug-likeness (QED) is 0.740. The van der Waals surface area contributed by atoms with Crippen molar-refractivity contribution in [1.29, 1.82) is 0 Å². The molecule has 1 heterocycles. The number of aryl methyl sites for hydroxylation is 3. The minimum Gasteiger partial charge on any atom is -0.233 e. The van der Waals surface area contributed by atoms with Gasteiger partial charge in [0.05, 0.1) is 5.69 Å². The first-order valence-corrected chi connectivity index (χ1v) is 5.94. The zero-order valence-corrected chi connectivity index (χ0v) is 11.2. The molecule has 82 valence electrons. The van der Waals surface area contributed by atoms with E-state index in [2.05, 4.69) is 57.9 Å². The fourth-order valence-electron chi connectivity index (χ4n) is 1.77. The predicted molar refractivity (Wildman–Crippen MR) is 69.4 cm³/mol. The topological polar surface area (TPSA) is 25.8 Å². The minimum atomic E-state index is 0.782. The van der Waals surface area contributed by atoms with Gasteiger partial charge in [-0.1, -0.05) is 23.8 Å². The summed E-state index contributed by atoms with van der Waals surface area (Å²) in [6, 6.07) is 8.33. The molecule has 0 bridgehead atoms. The number of aromatic nitrogens is 2. The van der Waals surface area contributed by atoms with Crippen LogP contribution in [0.25, 0.3) is 11.3 Å². The average molecular weight is 277 g/mol. The zero-order chi connectivity index (χ0) is 11.7. The number of nitrogens with zero attached hydrogens (tertiary/aromatic N) is 2. The smallest absolute Gasteiger partial charge is 0.127 e. The molecule has 0 unspecified atom stereocenters. The van der Waals surface area contributed by atoms with E-state index in [9.17, 15) is 0 Å². The molecular weight excluding hydrogens is 264 g/mol. The van der Waals surface area contributed by atoms with Crippen LogP contribution in [0.5, 0.6) is 0 Å². The van der Waals surface area contributed by atoms with Gasteiger partial charge in [0.25, 0.3) is 0 Å². The molecule has 2 aromatic rings. The van der Waals surface area contributed by atoms with Crippen LogP contribution in [0.15, 0.2) is 28.9 Å². The van der Waals surface area contributed by atoms with E-state index in [0.29, 0.717) is 0 Å². The summed E-state index contributed by atoms with van der Waals surface area (Å²) in [4.78, 5) is 8.67. The van der Waals surface area contributed by atoms with Gasteiger partial charge in [-0.2, -0.15) is 0 Å². The molecule has 1 aromatic heterocycles. The van der Waals surface area contributed by atoms with E-state index in [1.807, 2.05) is 13.0 Å². The van der Waals surface area contributed by atoms with Crippen molar-refractivity contribution in [3.05, 3.63) is 45.8 Å². The van der Waals surface area contributed by atoms with Crippen molar-refractivity contribution in [3.63, 3.8) is 0 Å². The second kappa shape index (κ2) is 4.34. The first-order chi connectivity index (χ1) is 7.56. The van der Waals surface area contributed by atoms with Gasteiger partial charge in [0, 0.05) is 5.56 Å². The molecule has 0 aliphatic carbocycles. The Morgan fingerprint density at radius 1 is 1.00 bits per heavy atom. The highest BCUT2D eigenvalue weighted by Crippen LogP contribution is 2.24. The van der Waals surface area contributed by atoms with Gasteiger partial charge >= 0.3 is 0 Å². The molecule has 0 amide bonds. The van der Waals surface area contributed by atoms with E-state index in [4.69, 9.17) is 0 Å². The number of hydrogen-bond donors (Lipinski definition) is 0. The van der Waals surface area contributed by atoms with Gasteiger partial charge in [0.1, 0.15) is 10.4 Å². The Morgan fingerprint density at radius 3 is 2.38 bits per heavy atom. The standard InChI is InChI=1S/C13H13BrN2/c1-8-4-5-11(9(2)6-8)12-7-13(14)16-10(3)15-12/h4-7H,1-3H3.